The second kappa shape index (κ2) is 7.73. The molecule has 5 nitrogen and oxygen atoms in total. The molecule has 0 fully saturated rings. The quantitative estimate of drug-likeness (QED) is 0.722. The topological polar surface area (TPSA) is 54.5 Å². The van der Waals surface area contributed by atoms with Crippen molar-refractivity contribution in [1.29, 1.82) is 0 Å². The van der Waals surface area contributed by atoms with Crippen molar-refractivity contribution in [3.63, 3.8) is 0 Å². The van der Waals surface area contributed by atoms with Crippen LogP contribution in [0.1, 0.15) is 10.4 Å². The smallest absolute Gasteiger partial charge is 0.251 e. The SMILES string of the molecule is COCCN(C)CCNC(=O)c1ccnc(F)c1. The molecule has 0 aliphatic carbocycles. The summed E-state index contributed by atoms with van der Waals surface area (Å²) in [5.41, 5.74) is 0.280. The summed E-state index contributed by atoms with van der Waals surface area (Å²) in [6, 6.07) is 2.59. The Morgan fingerprint density at radius 3 is 3.00 bits per heavy atom. The number of carbonyl (C=O) groups excluding carboxylic acids is 1. The first-order valence-electron chi connectivity index (χ1n) is 5.70. The number of nitrogens with one attached hydrogen (secondary N) is 1. The van der Waals surface area contributed by atoms with Crippen LogP contribution in [-0.4, -0.2) is 56.2 Å². The number of amides is 1. The summed E-state index contributed by atoms with van der Waals surface area (Å²) in [6.45, 7) is 2.67. The zero-order chi connectivity index (χ0) is 13.4. The molecule has 1 rings (SSSR count). The molecule has 0 aromatic carbocycles. The van der Waals surface area contributed by atoms with Crippen molar-refractivity contribution in [3.8, 4) is 0 Å². The minimum Gasteiger partial charge on any atom is -0.383 e. The maximum absolute atomic E-state index is 12.8. The molecular weight excluding hydrogens is 237 g/mol. The van der Waals surface area contributed by atoms with Gasteiger partial charge in [0.15, 0.2) is 0 Å². The van der Waals surface area contributed by atoms with E-state index in [0.717, 1.165) is 12.6 Å². The number of methoxy groups -OCH3 is 1. The Hall–Kier alpha value is -1.53. The van der Waals surface area contributed by atoms with Gasteiger partial charge in [0.25, 0.3) is 5.91 Å². The van der Waals surface area contributed by atoms with Crippen molar-refractivity contribution >= 4 is 5.91 Å². The van der Waals surface area contributed by atoms with Gasteiger partial charge in [-0.2, -0.15) is 4.39 Å². The molecule has 0 aliphatic heterocycles. The number of rotatable bonds is 7. The van der Waals surface area contributed by atoms with E-state index in [1.807, 2.05) is 11.9 Å². The van der Waals surface area contributed by atoms with Crippen LogP contribution >= 0.6 is 0 Å². The van der Waals surface area contributed by atoms with E-state index < -0.39 is 5.95 Å². The summed E-state index contributed by atoms with van der Waals surface area (Å²) in [5, 5.41) is 2.72. The first-order valence-corrected chi connectivity index (χ1v) is 5.70. The molecule has 100 valence electrons. The van der Waals surface area contributed by atoms with E-state index in [0.29, 0.717) is 19.7 Å². The van der Waals surface area contributed by atoms with Gasteiger partial charge >= 0.3 is 0 Å². The van der Waals surface area contributed by atoms with Gasteiger partial charge in [0.2, 0.25) is 5.95 Å². The maximum atomic E-state index is 12.8. The van der Waals surface area contributed by atoms with E-state index in [1.165, 1.54) is 12.3 Å². The molecule has 1 aromatic rings. The average Bonchev–Trinajstić information content (AvgIpc) is 2.36. The molecule has 0 saturated heterocycles. The molecule has 18 heavy (non-hydrogen) atoms. The zero-order valence-electron chi connectivity index (χ0n) is 10.6. The van der Waals surface area contributed by atoms with Gasteiger partial charge in [-0.05, 0) is 13.1 Å². The van der Waals surface area contributed by atoms with Crippen LogP contribution in [0.4, 0.5) is 4.39 Å². The number of halogens is 1. The third kappa shape index (κ3) is 5.20. The van der Waals surface area contributed by atoms with Gasteiger partial charge < -0.3 is 15.0 Å². The highest BCUT2D eigenvalue weighted by Crippen LogP contribution is 1.99. The van der Waals surface area contributed by atoms with Crippen LogP contribution in [0.5, 0.6) is 0 Å². The monoisotopic (exact) mass is 255 g/mol. The minimum atomic E-state index is -0.653. The van der Waals surface area contributed by atoms with E-state index >= 15 is 0 Å². The number of hydrogen-bond acceptors (Lipinski definition) is 4. The van der Waals surface area contributed by atoms with Crippen molar-refractivity contribution in [2.24, 2.45) is 0 Å². The first-order chi connectivity index (χ1) is 8.63. The molecule has 0 aliphatic rings. The lowest BCUT2D eigenvalue weighted by Gasteiger charge is -2.16. The third-order valence-electron chi connectivity index (χ3n) is 2.44. The van der Waals surface area contributed by atoms with Crippen LogP contribution < -0.4 is 5.32 Å². The maximum Gasteiger partial charge on any atom is 0.251 e. The molecule has 1 amide bonds. The number of pyridine rings is 1. The Balaban J connectivity index is 2.29. The van der Waals surface area contributed by atoms with E-state index in [2.05, 4.69) is 10.3 Å². The van der Waals surface area contributed by atoms with Crippen LogP contribution in [0.2, 0.25) is 0 Å². The van der Waals surface area contributed by atoms with Gasteiger partial charge in [-0.3, -0.25) is 4.79 Å². The average molecular weight is 255 g/mol. The Morgan fingerprint density at radius 2 is 2.33 bits per heavy atom. The van der Waals surface area contributed by atoms with Crippen molar-refractivity contribution in [3.05, 3.63) is 29.8 Å². The van der Waals surface area contributed by atoms with E-state index in [4.69, 9.17) is 4.74 Å². The minimum absolute atomic E-state index is 0.280. The number of nitrogens with zero attached hydrogens (tertiary/aromatic N) is 2. The highest BCUT2D eigenvalue weighted by atomic mass is 19.1. The molecule has 1 N–H and O–H groups in total. The Bertz CT molecular complexity index is 387. The van der Waals surface area contributed by atoms with Crippen molar-refractivity contribution in [2.75, 3.05) is 40.4 Å². The molecule has 1 heterocycles. The molecule has 0 atom stereocenters. The Labute approximate surface area is 106 Å². The molecule has 1 aromatic heterocycles. The fourth-order valence-corrected chi connectivity index (χ4v) is 1.36. The number of ether oxygens (including phenoxy) is 1. The van der Waals surface area contributed by atoms with Crippen LogP contribution in [-0.2, 0) is 4.74 Å². The number of hydrogen-bond donors (Lipinski definition) is 1. The lowest BCUT2D eigenvalue weighted by Crippen LogP contribution is -2.34. The van der Waals surface area contributed by atoms with Crippen LogP contribution in [0.3, 0.4) is 0 Å². The highest BCUT2D eigenvalue weighted by Gasteiger charge is 2.06. The second-order valence-corrected chi connectivity index (χ2v) is 3.92. The summed E-state index contributed by atoms with van der Waals surface area (Å²) in [5.74, 6) is -0.948. The van der Waals surface area contributed by atoms with Crippen molar-refractivity contribution in [1.82, 2.24) is 15.2 Å². The largest absolute Gasteiger partial charge is 0.383 e. The van der Waals surface area contributed by atoms with E-state index in [9.17, 15) is 9.18 Å². The highest BCUT2D eigenvalue weighted by molar-refractivity contribution is 5.93. The number of aromatic nitrogens is 1. The zero-order valence-corrected chi connectivity index (χ0v) is 10.6. The predicted molar refractivity (Wildman–Crippen MR) is 65.9 cm³/mol. The normalized spacial score (nSPS) is 10.7. The molecule has 0 radical (unpaired) electrons. The van der Waals surface area contributed by atoms with Crippen LogP contribution in [0, 0.1) is 5.95 Å². The van der Waals surface area contributed by atoms with Gasteiger partial charge in [0, 0.05) is 44.6 Å². The third-order valence-corrected chi connectivity index (χ3v) is 2.44. The van der Waals surface area contributed by atoms with E-state index in [-0.39, 0.29) is 11.5 Å². The van der Waals surface area contributed by atoms with E-state index in [1.54, 1.807) is 7.11 Å². The predicted octanol–water partition coefficient (Wildman–Crippen LogP) is 0.529. The first kappa shape index (κ1) is 14.5. The van der Waals surface area contributed by atoms with Crippen molar-refractivity contribution < 1.29 is 13.9 Å². The molecule has 0 saturated carbocycles. The van der Waals surface area contributed by atoms with Crippen LogP contribution in [0.15, 0.2) is 18.3 Å². The summed E-state index contributed by atoms with van der Waals surface area (Å²) in [4.78, 5) is 17.1. The lowest BCUT2D eigenvalue weighted by atomic mass is 10.2. The Kier molecular flexibility index (Phi) is 6.24. The second-order valence-electron chi connectivity index (χ2n) is 3.92. The van der Waals surface area contributed by atoms with Gasteiger partial charge in [0.05, 0.1) is 6.61 Å². The molecule has 0 spiro atoms. The lowest BCUT2D eigenvalue weighted by molar-refractivity contribution is 0.0947. The fraction of sp³-hybridized carbons (Fsp3) is 0.500. The van der Waals surface area contributed by atoms with Crippen molar-refractivity contribution in [2.45, 2.75) is 0 Å². The molecular formula is C12H18FN3O2. The van der Waals surface area contributed by atoms with Crippen LogP contribution in [0.25, 0.3) is 0 Å². The Morgan fingerprint density at radius 1 is 1.56 bits per heavy atom. The fourth-order valence-electron chi connectivity index (χ4n) is 1.36. The van der Waals surface area contributed by atoms with Gasteiger partial charge in [-0.15, -0.1) is 0 Å². The number of carbonyl (C=O) groups is 1. The summed E-state index contributed by atoms with van der Waals surface area (Å²) in [6.07, 6.45) is 1.27. The number of likely N-dealkylation sites (N-methyl/N-ethyl adjacent to an activating group) is 1. The molecule has 6 heteroatoms. The van der Waals surface area contributed by atoms with Gasteiger partial charge in [-0.25, -0.2) is 4.98 Å². The van der Waals surface area contributed by atoms with Gasteiger partial charge in [-0.1, -0.05) is 0 Å². The molecule has 0 unspecified atom stereocenters. The summed E-state index contributed by atoms with van der Waals surface area (Å²) >= 11 is 0. The summed E-state index contributed by atoms with van der Waals surface area (Å²) in [7, 11) is 3.59. The summed E-state index contributed by atoms with van der Waals surface area (Å²) < 4.78 is 17.7. The molecule has 0 bridgehead atoms. The van der Waals surface area contributed by atoms with Gasteiger partial charge in [0.1, 0.15) is 0 Å². The standard InChI is InChI=1S/C12H18FN3O2/c1-16(7-8-18-2)6-5-15-12(17)10-3-4-14-11(13)9-10/h3-4,9H,5-8H2,1-2H3,(H,15,17).